The van der Waals surface area contributed by atoms with Crippen LogP contribution in [0.15, 0.2) is 73.1 Å². The van der Waals surface area contributed by atoms with Crippen LogP contribution in [0.25, 0.3) is 39.1 Å². The minimum atomic E-state index is -2.31. The molecule has 4 heterocycles. The van der Waals surface area contributed by atoms with E-state index in [2.05, 4.69) is 26.3 Å². The molecule has 2 aromatic carbocycles. The van der Waals surface area contributed by atoms with E-state index >= 15 is 0 Å². The summed E-state index contributed by atoms with van der Waals surface area (Å²) < 4.78 is 30.8. The predicted molar refractivity (Wildman–Crippen MR) is 102 cm³/mol. The van der Waals surface area contributed by atoms with Gasteiger partial charge >= 0.3 is 0 Å². The van der Waals surface area contributed by atoms with Gasteiger partial charge in [-0.25, -0.2) is 9.13 Å². The molecule has 124 valence electrons. The van der Waals surface area contributed by atoms with Gasteiger partial charge in [0.25, 0.3) is 5.65 Å². The molecule has 0 spiro atoms. The van der Waals surface area contributed by atoms with Crippen LogP contribution in [-0.4, -0.2) is 14.1 Å². The first-order valence-corrected chi connectivity index (χ1v) is 8.62. The first-order valence-electron chi connectivity index (χ1n) is 10.1. The minimum Gasteiger partial charge on any atom is -0.264 e. The van der Waals surface area contributed by atoms with Gasteiger partial charge in [-0.3, -0.25) is 9.55 Å². The van der Waals surface area contributed by atoms with Gasteiger partial charge < -0.3 is 0 Å². The van der Waals surface area contributed by atoms with Crippen molar-refractivity contribution < 1.29 is 8.68 Å². The lowest BCUT2D eigenvalue weighted by Gasteiger charge is -2.03. The van der Waals surface area contributed by atoms with Crippen LogP contribution in [0.5, 0.6) is 0 Å². The van der Waals surface area contributed by atoms with E-state index in [1.54, 1.807) is 6.20 Å². The Hall–Kier alpha value is -3.40. The van der Waals surface area contributed by atoms with E-state index in [4.69, 9.17) is 4.11 Å². The van der Waals surface area contributed by atoms with Crippen molar-refractivity contribution in [2.45, 2.75) is 6.54 Å². The number of imidazole rings is 1. The van der Waals surface area contributed by atoms with Crippen LogP contribution < -0.4 is 4.57 Å². The zero-order valence-electron chi connectivity index (χ0n) is 16.9. The Labute approximate surface area is 154 Å². The highest BCUT2D eigenvalue weighted by atomic mass is 15.2. The second-order valence-electron chi connectivity index (χ2n) is 6.64. The number of fused-ring (bicyclic) bond motifs is 7. The fraction of sp³-hybridized carbons (Fsp3) is 0.0909. The topological polar surface area (TPSA) is 26.6 Å². The Morgan fingerprint density at radius 1 is 1.04 bits per heavy atom. The summed E-state index contributed by atoms with van der Waals surface area (Å²) in [7, 11) is 0. The van der Waals surface area contributed by atoms with Gasteiger partial charge in [0, 0.05) is 18.0 Å². The Kier molecular flexibility index (Phi) is 2.09. The molecule has 0 unspecified atom stereocenters. The van der Waals surface area contributed by atoms with Crippen molar-refractivity contribution in [3.05, 3.63) is 78.6 Å². The molecule has 0 fully saturated rings. The number of hydrogen-bond donors (Lipinski definition) is 0. The number of pyridine rings is 1. The first kappa shape index (κ1) is 11.3. The lowest BCUT2D eigenvalue weighted by Crippen LogP contribution is -2.33. The van der Waals surface area contributed by atoms with Crippen molar-refractivity contribution in [1.82, 2.24) is 14.1 Å². The number of aromatic nitrogens is 4. The van der Waals surface area contributed by atoms with Crippen LogP contribution in [0.3, 0.4) is 0 Å². The molecular weight excluding hydrogens is 320 g/mol. The normalized spacial score (nSPS) is 14.8. The predicted octanol–water partition coefficient (Wildman–Crippen LogP) is 3.83. The van der Waals surface area contributed by atoms with Crippen molar-refractivity contribution in [2.75, 3.05) is 0 Å². The maximum Gasteiger partial charge on any atom is 0.274 e. The number of hydrogen-bond acceptors (Lipinski definition) is 1. The van der Waals surface area contributed by atoms with Gasteiger partial charge in [-0.15, -0.1) is 0 Å². The third-order valence-electron chi connectivity index (χ3n) is 5.26. The van der Waals surface area contributed by atoms with Gasteiger partial charge in [0.2, 0.25) is 5.82 Å². The summed E-state index contributed by atoms with van der Waals surface area (Å²) in [5.41, 5.74) is 5.58. The molecule has 0 saturated heterocycles. The molecule has 0 radical (unpaired) electrons. The van der Waals surface area contributed by atoms with Crippen LogP contribution in [0.2, 0.25) is 0 Å². The van der Waals surface area contributed by atoms with E-state index in [9.17, 15) is 0 Å². The van der Waals surface area contributed by atoms with Gasteiger partial charge in [0.05, 0.1) is 28.6 Å². The Bertz CT molecular complexity index is 1410. The molecule has 1 aliphatic rings. The lowest BCUT2D eigenvalue weighted by molar-refractivity contribution is -0.648. The molecule has 5 aromatic rings. The monoisotopic (exact) mass is 340 g/mol. The summed E-state index contributed by atoms with van der Waals surface area (Å²) in [4.78, 5) is 4.24. The molecule has 4 nitrogen and oxygen atoms in total. The third-order valence-corrected chi connectivity index (χ3v) is 5.26. The average Bonchev–Trinajstić information content (AvgIpc) is 3.34. The molecule has 4 heteroatoms. The van der Waals surface area contributed by atoms with E-state index in [1.807, 2.05) is 54.7 Å². The van der Waals surface area contributed by atoms with Crippen molar-refractivity contribution in [3.8, 4) is 17.1 Å². The Morgan fingerprint density at radius 2 is 1.88 bits per heavy atom. The fourth-order valence-electron chi connectivity index (χ4n) is 4.20. The van der Waals surface area contributed by atoms with Crippen molar-refractivity contribution in [3.63, 3.8) is 0 Å². The van der Waals surface area contributed by atoms with Crippen molar-refractivity contribution in [2.24, 2.45) is 6.98 Å². The number of nitrogens with zero attached hydrogens (tertiary/aromatic N) is 4. The molecule has 3 aromatic heterocycles. The summed E-state index contributed by atoms with van der Waals surface area (Å²) in [5.74, 6) is 0.711. The van der Waals surface area contributed by atoms with Gasteiger partial charge in [-0.05, 0) is 30.3 Å². The smallest absolute Gasteiger partial charge is 0.264 e. The van der Waals surface area contributed by atoms with Gasteiger partial charge in [0.1, 0.15) is 11.2 Å². The molecule has 26 heavy (non-hydrogen) atoms. The standard InChI is InChI=1S/C22H17N4/c1-24-20-18-9-5-6-10-19(18)26(16-7-3-2-4-8-16)22(20)25-14-15-13-23-12-11-17(15)21(24)25/h2-13H,14H2,1H3/q+1/i1D3. The summed E-state index contributed by atoms with van der Waals surface area (Å²) in [6, 6.07) is 20.0. The molecule has 0 amide bonds. The average molecular weight is 340 g/mol. The Balaban J connectivity index is 1.87. The molecule has 0 aliphatic carbocycles. The maximum atomic E-state index is 8.33. The summed E-state index contributed by atoms with van der Waals surface area (Å²) in [6.07, 6.45) is 3.55. The largest absolute Gasteiger partial charge is 0.274 e. The highest BCUT2D eigenvalue weighted by molar-refractivity contribution is 6.06. The minimum absolute atomic E-state index is 0.598. The number of aryl methyl sites for hydroxylation is 1. The second kappa shape index (κ2) is 4.82. The number of para-hydroxylation sites is 2. The van der Waals surface area contributed by atoms with Crippen LogP contribution in [-0.2, 0) is 13.5 Å². The van der Waals surface area contributed by atoms with E-state index in [0.29, 0.717) is 12.4 Å². The summed E-state index contributed by atoms with van der Waals surface area (Å²) in [5, 5.41) is 0.931. The lowest BCUT2D eigenvalue weighted by atomic mass is 10.2. The first-order chi connectivity index (χ1) is 14.1. The molecule has 0 bridgehead atoms. The van der Waals surface area contributed by atoms with Crippen molar-refractivity contribution >= 4 is 22.1 Å². The second-order valence-corrected chi connectivity index (χ2v) is 6.64. The van der Waals surface area contributed by atoms with Crippen molar-refractivity contribution in [1.29, 1.82) is 0 Å². The molecule has 0 saturated carbocycles. The van der Waals surface area contributed by atoms with E-state index in [0.717, 1.165) is 38.9 Å². The maximum absolute atomic E-state index is 8.33. The Morgan fingerprint density at radius 3 is 2.77 bits per heavy atom. The van der Waals surface area contributed by atoms with Crippen LogP contribution in [0.1, 0.15) is 9.68 Å². The zero-order valence-corrected chi connectivity index (χ0v) is 13.9. The van der Waals surface area contributed by atoms with Gasteiger partial charge in [0.15, 0.2) is 5.52 Å². The zero-order chi connectivity index (χ0) is 19.8. The molecule has 1 aliphatic heterocycles. The van der Waals surface area contributed by atoms with Gasteiger partial charge in [-0.2, -0.15) is 0 Å². The highest BCUT2D eigenvalue weighted by Crippen LogP contribution is 2.36. The molecule has 0 atom stereocenters. The van der Waals surface area contributed by atoms with E-state index in [-0.39, 0.29) is 0 Å². The molecule has 6 rings (SSSR count). The summed E-state index contributed by atoms with van der Waals surface area (Å²) >= 11 is 0. The van der Waals surface area contributed by atoms with Crippen LogP contribution in [0, 0.1) is 0 Å². The quantitative estimate of drug-likeness (QED) is 0.418. The fourth-order valence-corrected chi connectivity index (χ4v) is 4.20. The SMILES string of the molecule is [2H]C([2H])([2H])n1c2[n+](c3c1c1ccccc1n3-c1ccccc1)Cc1cnccc1-2. The number of rotatable bonds is 1. The molecular formula is C22H17N4+. The van der Waals surface area contributed by atoms with Crippen LogP contribution >= 0.6 is 0 Å². The van der Waals surface area contributed by atoms with Gasteiger partial charge in [-0.1, -0.05) is 30.3 Å². The molecule has 0 N–H and O–H groups in total. The van der Waals surface area contributed by atoms with Crippen LogP contribution in [0.4, 0.5) is 0 Å². The highest BCUT2D eigenvalue weighted by Gasteiger charge is 2.35. The number of benzene rings is 2. The summed E-state index contributed by atoms with van der Waals surface area (Å²) in [6.45, 7) is -1.71. The third kappa shape index (κ3) is 1.59. The van der Waals surface area contributed by atoms with E-state index in [1.165, 1.54) is 4.57 Å². The van der Waals surface area contributed by atoms with E-state index < -0.39 is 6.98 Å².